The maximum Gasteiger partial charge on any atom is 0.147 e. The molecule has 2 heterocycles. The van der Waals surface area contributed by atoms with Crippen LogP contribution in [0.15, 0.2) is 211 Å². The smallest absolute Gasteiger partial charge is 0.147 e. The summed E-state index contributed by atoms with van der Waals surface area (Å²) < 4.78 is 21.3. The summed E-state index contributed by atoms with van der Waals surface area (Å²) in [6.07, 6.45) is 0. The first-order chi connectivity index (χ1) is 27.5. The number of anilines is 6. The van der Waals surface area contributed by atoms with Crippen LogP contribution in [0.1, 0.15) is 0 Å². The fourth-order valence-electron chi connectivity index (χ4n) is 8.07. The lowest BCUT2D eigenvalue weighted by Crippen LogP contribution is -2.09. The zero-order valence-electron chi connectivity index (χ0n) is 30.8. The molecular formula is C51H37N2O2P. The minimum absolute atomic E-state index is 0.715. The van der Waals surface area contributed by atoms with E-state index in [1.165, 1.54) is 0 Å². The number of hydrogen-bond acceptors (Lipinski definition) is 4. The van der Waals surface area contributed by atoms with Crippen LogP contribution in [0.25, 0.3) is 44.5 Å². The van der Waals surface area contributed by atoms with Crippen molar-refractivity contribution in [3.63, 3.8) is 0 Å². The van der Waals surface area contributed by atoms with E-state index in [1.807, 2.05) is 37.0 Å². The van der Waals surface area contributed by atoms with Crippen LogP contribution in [0.4, 0.5) is 34.1 Å². The summed E-state index contributed by atoms with van der Waals surface area (Å²) in [6, 6.07) is 71.5. The quantitative estimate of drug-likeness (QED) is 0.145. The van der Waals surface area contributed by atoms with Gasteiger partial charge in [0.25, 0.3) is 0 Å². The summed E-state index contributed by atoms with van der Waals surface area (Å²) in [5.41, 5.74) is 12.4. The van der Waals surface area contributed by atoms with E-state index in [0.717, 1.165) is 83.5 Å². The highest BCUT2D eigenvalue weighted by Crippen LogP contribution is 2.54. The number of fused-ring (bicyclic) bond motifs is 5. The summed E-state index contributed by atoms with van der Waals surface area (Å²) in [5, 5.41) is 2.59. The zero-order chi connectivity index (χ0) is 37.6. The van der Waals surface area contributed by atoms with Gasteiger partial charge in [0.05, 0.1) is 5.30 Å². The van der Waals surface area contributed by atoms with Crippen molar-refractivity contribution in [1.29, 1.82) is 0 Å². The van der Waals surface area contributed by atoms with Crippen molar-refractivity contribution in [1.82, 2.24) is 0 Å². The normalized spacial score (nSPS) is 14.3. The fourth-order valence-corrected chi connectivity index (χ4v) is 10.5. The SMILES string of the molecule is CP1(=O)c2ccc(-c3ccc(N(c4ccccc4)c4ccccc4)cc3)cc2-c2oc3cc(-c4ccc(N(c5ccccc5)c5ccccc5)cc4)ccc3c21. The Morgan fingerprint density at radius 3 is 1.23 bits per heavy atom. The lowest BCUT2D eigenvalue weighted by molar-refractivity contribution is 0.591. The predicted molar refractivity (Wildman–Crippen MR) is 235 cm³/mol. The third-order valence-corrected chi connectivity index (χ3v) is 13.4. The van der Waals surface area contributed by atoms with Crippen LogP contribution in [0, 0.1) is 0 Å². The molecule has 0 fully saturated rings. The van der Waals surface area contributed by atoms with Crippen LogP contribution in [-0.4, -0.2) is 6.66 Å². The highest BCUT2D eigenvalue weighted by atomic mass is 31.2. The molecule has 1 atom stereocenters. The molecule has 0 aliphatic carbocycles. The predicted octanol–water partition coefficient (Wildman–Crippen LogP) is 13.6. The van der Waals surface area contributed by atoms with Crippen molar-refractivity contribution in [2.45, 2.75) is 0 Å². The summed E-state index contributed by atoms with van der Waals surface area (Å²) in [7, 11) is -2.89. The number of furan rings is 1. The zero-order valence-corrected chi connectivity index (χ0v) is 31.7. The fraction of sp³-hybridized carbons (Fsp3) is 0.0196. The van der Waals surface area contributed by atoms with Crippen molar-refractivity contribution >= 4 is 62.8 Å². The van der Waals surface area contributed by atoms with Crippen LogP contribution < -0.4 is 20.4 Å². The van der Waals surface area contributed by atoms with Crippen molar-refractivity contribution in [2.75, 3.05) is 16.5 Å². The Morgan fingerprint density at radius 2 is 0.786 bits per heavy atom. The van der Waals surface area contributed by atoms with Gasteiger partial charge in [0, 0.05) is 50.4 Å². The van der Waals surface area contributed by atoms with Gasteiger partial charge in [0.2, 0.25) is 0 Å². The monoisotopic (exact) mass is 740 g/mol. The largest absolute Gasteiger partial charge is 0.455 e. The molecule has 0 amide bonds. The Labute approximate surface area is 326 Å². The van der Waals surface area contributed by atoms with E-state index in [-0.39, 0.29) is 0 Å². The van der Waals surface area contributed by atoms with Crippen LogP contribution in [0.3, 0.4) is 0 Å². The molecule has 0 N–H and O–H groups in total. The first-order valence-corrected chi connectivity index (χ1v) is 21.0. The van der Waals surface area contributed by atoms with Gasteiger partial charge in [0.15, 0.2) is 0 Å². The molecule has 1 unspecified atom stereocenters. The topological polar surface area (TPSA) is 36.7 Å². The lowest BCUT2D eigenvalue weighted by atomic mass is 10.0. The highest BCUT2D eigenvalue weighted by molar-refractivity contribution is 7.79. The van der Waals surface area contributed by atoms with Crippen LogP contribution >= 0.6 is 7.14 Å². The molecular weight excluding hydrogens is 704 g/mol. The van der Waals surface area contributed by atoms with E-state index in [2.05, 4.69) is 186 Å². The summed E-state index contributed by atoms with van der Waals surface area (Å²) >= 11 is 0. The maximum atomic E-state index is 14.6. The number of para-hydroxylation sites is 4. The van der Waals surface area contributed by atoms with E-state index >= 15 is 0 Å². The average Bonchev–Trinajstić information content (AvgIpc) is 3.75. The second kappa shape index (κ2) is 13.8. The van der Waals surface area contributed by atoms with Crippen LogP contribution in [0.2, 0.25) is 0 Å². The first-order valence-electron chi connectivity index (χ1n) is 18.8. The Bertz CT molecular complexity index is 2790. The van der Waals surface area contributed by atoms with Crippen LogP contribution in [-0.2, 0) is 4.57 Å². The second-order valence-electron chi connectivity index (χ2n) is 14.3. The Hall–Kier alpha value is -6.87. The Kier molecular flexibility index (Phi) is 8.28. The third-order valence-electron chi connectivity index (χ3n) is 10.8. The highest BCUT2D eigenvalue weighted by Gasteiger charge is 2.40. The molecule has 1 aromatic heterocycles. The van der Waals surface area contributed by atoms with Gasteiger partial charge >= 0.3 is 0 Å². The van der Waals surface area contributed by atoms with E-state index in [9.17, 15) is 4.57 Å². The van der Waals surface area contributed by atoms with Gasteiger partial charge < -0.3 is 18.8 Å². The molecule has 1 aliphatic heterocycles. The van der Waals surface area contributed by atoms with Crippen molar-refractivity contribution in [2.24, 2.45) is 0 Å². The van der Waals surface area contributed by atoms with Crippen LogP contribution in [0.5, 0.6) is 0 Å². The van der Waals surface area contributed by atoms with Gasteiger partial charge in [-0.15, -0.1) is 0 Å². The summed E-state index contributed by atoms with van der Waals surface area (Å²) in [6.45, 7) is 1.88. The lowest BCUT2D eigenvalue weighted by Gasteiger charge is -2.25. The third kappa shape index (κ3) is 5.83. The number of rotatable bonds is 8. The molecule has 0 radical (unpaired) electrons. The van der Waals surface area contributed by atoms with Gasteiger partial charge in [-0.05, 0) is 126 Å². The number of benzene rings is 8. The molecule has 0 saturated heterocycles. The van der Waals surface area contributed by atoms with Gasteiger partial charge in [-0.25, -0.2) is 0 Å². The molecule has 1 aliphatic rings. The minimum atomic E-state index is -2.89. The van der Waals surface area contributed by atoms with E-state index in [0.29, 0.717) is 5.76 Å². The molecule has 9 aromatic rings. The summed E-state index contributed by atoms with van der Waals surface area (Å²) in [4.78, 5) is 4.51. The van der Waals surface area contributed by atoms with Gasteiger partial charge in [-0.1, -0.05) is 109 Å². The molecule has 0 saturated carbocycles. The van der Waals surface area contributed by atoms with E-state index < -0.39 is 7.14 Å². The molecule has 0 spiro atoms. The molecule has 8 aromatic carbocycles. The molecule has 0 bridgehead atoms. The Balaban J connectivity index is 0.973. The number of nitrogens with zero attached hydrogens (tertiary/aromatic N) is 2. The van der Waals surface area contributed by atoms with Gasteiger partial charge in [-0.3, -0.25) is 0 Å². The average molecular weight is 741 g/mol. The van der Waals surface area contributed by atoms with E-state index in [4.69, 9.17) is 4.42 Å². The van der Waals surface area contributed by atoms with Crippen molar-refractivity contribution in [3.8, 4) is 33.6 Å². The first kappa shape index (κ1) is 33.7. The molecule has 4 nitrogen and oxygen atoms in total. The van der Waals surface area contributed by atoms with E-state index in [1.54, 1.807) is 0 Å². The molecule has 5 heteroatoms. The maximum absolute atomic E-state index is 14.6. The Morgan fingerprint density at radius 1 is 0.411 bits per heavy atom. The van der Waals surface area contributed by atoms with Gasteiger partial charge in [-0.2, -0.15) is 0 Å². The summed E-state index contributed by atoms with van der Waals surface area (Å²) in [5.74, 6) is 0.715. The molecule has 268 valence electrons. The van der Waals surface area contributed by atoms with Gasteiger partial charge in [0.1, 0.15) is 18.5 Å². The molecule has 56 heavy (non-hydrogen) atoms. The van der Waals surface area contributed by atoms with Crippen molar-refractivity contribution < 1.29 is 8.98 Å². The standard InChI is InChI=1S/C51H37N2O2P/c1-56(54)49-33-27-38(36-22-28-44(29-23-36)52(40-14-6-2-7-15-40)41-16-8-3-9-17-41)34-47(49)50-51(56)46-32-26-39(35-48(46)55-50)37-24-30-45(31-25-37)53(42-18-10-4-11-19-42)43-20-12-5-13-21-43/h2-35H,1H3. The van der Waals surface area contributed by atoms with Crippen molar-refractivity contribution in [3.05, 3.63) is 206 Å². The molecule has 10 rings (SSSR count). The minimum Gasteiger partial charge on any atom is -0.455 e. The number of hydrogen-bond donors (Lipinski definition) is 0. The second-order valence-corrected chi connectivity index (χ2v) is 17.0.